The van der Waals surface area contributed by atoms with Gasteiger partial charge in [-0.3, -0.25) is 0 Å². The summed E-state index contributed by atoms with van der Waals surface area (Å²) in [5, 5.41) is 8.86. The van der Waals surface area contributed by atoms with E-state index in [1.165, 1.54) is 12.5 Å². The molecule has 0 spiro atoms. The number of hydrogen-bond donors (Lipinski definition) is 1. The van der Waals surface area contributed by atoms with Gasteiger partial charge in [-0.2, -0.15) is 0 Å². The van der Waals surface area contributed by atoms with Crippen LogP contribution in [0.15, 0.2) is 30.7 Å². The van der Waals surface area contributed by atoms with E-state index in [1.807, 2.05) is 12.1 Å². The van der Waals surface area contributed by atoms with Crippen LogP contribution in [0.5, 0.6) is 5.75 Å². The first-order valence-electron chi connectivity index (χ1n) is 6.43. The van der Waals surface area contributed by atoms with Crippen molar-refractivity contribution in [1.29, 1.82) is 0 Å². The van der Waals surface area contributed by atoms with Crippen molar-refractivity contribution >= 4 is 5.97 Å². The summed E-state index contributed by atoms with van der Waals surface area (Å²) in [7, 11) is 1.66. The average molecular weight is 274 g/mol. The lowest BCUT2D eigenvalue weighted by molar-refractivity contribution is 0.0691. The SMILES string of the molecule is COc1ccc(Cn2cnc(C(=O)O)c2)cc1C(C)C. The molecule has 5 heteroatoms. The molecule has 106 valence electrons. The largest absolute Gasteiger partial charge is 0.496 e. The van der Waals surface area contributed by atoms with E-state index in [0.29, 0.717) is 12.5 Å². The maximum absolute atomic E-state index is 10.8. The van der Waals surface area contributed by atoms with Gasteiger partial charge in [-0.1, -0.05) is 26.0 Å². The maximum atomic E-state index is 10.8. The number of hydrogen-bond acceptors (Lipinski definition) is 3. The Morgan fingerprint density at radius 2 is 2.20 bits per heavy atom. The number of carboxylic acids is 1. The molecule has 1 aromatic heterocycles. The van der Waals surface area contributed by atoms with Crippen LogP contribution >= 0.6 is 0 Å². The van der Waals surface area contributed by atoms with Crippen molar-refractivity contribution in [3.63, 3.8) is 0 Å². The van der Waals surface area contributed by atoms with Crippen LogP contribution in [0.25, 0.3) is 0 Å². The monoisotopic (exact) mass is 274 g/mol. The quantitative estimate of drug-likeness (QED) is 0.910. The molecule has 1 aromatic carbocycles. The molecule has 0 aliphatic heterocycles. The van der Waals surface area contributed by atoms with Crippen molar-refractivity contribution in [1.82, 2.24) is 9.55 Å². The highest BCUT2D eigenvalue weighted by atomic mass is 16.5. The van der Waals surface area contributed by atoms with Gasteiger partial charge in [-0.05, 0) is 23.1 Å². The lowest BCUT2D eigenvalue weighted by atomic mass is 9.99. The second-order valence-corrected chi connectivity index (χ2v) is 4.97. The van der Waals surface area contributed by atoms with E-state index in [2.05, 4.69) is 24.9 Å². The van der Waals surface area contributed by atoms with E-state index in [-0.39, 0.29) is 5.69 Å². The van der Waals surface area contributed by atoms with Crippen molar-refractivity contribution in [2.75, 3.05) is 7.11 Å². The fourth-order valence-corrected chi connectivity index (χ4v) is 2.10. The number of benzene rings is 1. The minimum atomic E-state index is -1.01. The summed E-state index contributed by atoms with van der Waals surface area (Å²) in [6.45, 7) is 4.81. The summed E-state index contributed by atoms with van der Waals surface area (Å²) in [4.78, 5) is 14.6. The van der Waals surface area contributed by atoms with Crippen molar-refractivity contribution in [2.24, 2.45) is 0 Å². The molecule has 5 nitrogen and oxygen atoms in total. The molecule has 20 heavy (non-hydrogen) atoms. The summed E-state index contributed by atoms with van der Waals surface area (Å²) in [5.41, 5.74) is 2.29. The van der Waals surface area contributed by atoms with Crippen molar-refractivity contribution in [2.45, 2.75) is 26.3 Å². The Hall–Kier alpha value is -2.30. The first-order chi connectivity index (χ1) is 9.51. The van der Waals surface area contributed by atoms with E-state index in [0.717, 1.165) is 16.9 Å². The van der Waals surface area contributed by atoms with Gasteiger partial charge in [0.05, 0.1) is 13.4 Å². The number of carboxylic acid groups (broad SMARTS) is 1. The number of nitrogens with zero attached hydrogens (tertiary/aromatic N) is 2. The second-order valence-electron chi connectivity index (χ2n) is 4.97. The third-order valence-electron chi connectivity index (χ3n) is 3.13. The highest BCUT2D eigenvalue weighted by Gasteiger charge is 2.10. The highest BCUT2D eigenvalue weighted by Crippen LogP contribution is 2.27. The third kappa shape index (κ3) is 2.99. The van der Waals surface area contributed by atoms with Gasteiger partial charge in [0.15, 0.2) is 5.69 Å². The molecule has 1 heterocycles. The molecule has 0 aliphatic carbocycles. The van der Waals surface area contributed by atoms with Crippen LogP contribution in [0, 0.1) is 0 Å². The molecule has 0 aliphatic rings. The van der Waals surface area contributed by atoms with Gasteiger partial charge in [0.2, 0.25) is 0 Å². The predicted octanol–water partition coefficient (Wildman–Crippen LogP) is 2.76. The van der Waals surface area contributed by atoms with Gasteiger partial charge in [-0.15, -0.1) is 0 Å². The molecule has 0 fully saturated rings. The van der Waals surface area contributed by atoms with Crippen molar-refractivity contribution < 1.29 is 14.6 Å². The van der Waals surface area contributed by atoms with Crippen LogP contribution in [0.4, 0.5) is 0 Å². The van der Waals surface area contributed by atoms with Gasteiger partial charge in [0.1, 0.15) is 5.75 Å². The maximum Gasteiger partial charge on any atom is 0.356 e. The van der Waals surface area contributed by atoms with E-state index in [9.17, 15) is 4.79 Å². The summed E-state index contributed by atoms with van der Waals surface area (Å²) >= 11 is 0. The molecule has 0 atom stereocenters. The second kappa shape index (κ2) is 5.77. The minimum Gasteiger partial charge on any atom is -0.496 e. The lowest BCUT2D eigenvalue weighted by Crippen LogP contribution is -2.01. The molecular formula is C15H18N2O3. The minimum absolute atomic E-state index is 0.0580. The molecule has 0 bridgehead atoms. The summed E-state index contributed by atoms with van der Waals surface area (Å²) in [6.07, 6.45) is 3.06. The molecule has 1 N–H and O–H groups in total. The third-order valence-corrected chi connectivity index (χ3v) is 3.13. The van der Waals surface area contributed by atoms with Gasteiger partial charge < -0.3 is 14.4 Å². The Morgan fingerprint density at radius 3 is 2.75 bits per heavy atom. The summed E-state index contributed by atoms with van der Waals surface area (Å²) in [5.74, 6) is 0.226. The predicted molar refractivity (Wildman–Crippen MR) is 75.4 cm³/mol. The molecule has 0 saturated heterocycles. The number of carbonyl (C=O) groups is 1. The van der Waals surface area contributed by atoms with E-state index in [1.54, 1.807) is 11.7 Å². The number of imidazole rings is 1. The van der Waals surface area contributed by atoms with Crippen LogP contribution in [-0.4, -0.2) is 27.7 Å². The smallest absolute Gasteiger partial charge is 0.356 e. The Labute approximate surface area is 117 Å². The molecule has 0 unspecified atom stereocenters. The van der Waals surface area contributed by atoms with Crippen LogP contribution in [0.3, 0.4) is 0 Å². The van der Waals surface area contributed by atoms with Crippen LogP contribution in [0.1, 0.15) is 41.4 Å². The zero-order chi connectivity index (χ0) is 14.7. The first kappa shape index (κ1) is 14.1. The van der Waals surface area contributed by atoms with Crippen LogP contribution in [0.2, 0.25) is 0 Å². The highest BCUT2D eigenvalue weighted by molar-refractivity contribution is 5.84. The summed E-state index contributed by atoms with van der Waals surface area (Å²) in [6, 6.07) is 6.01. The Bertz CT molecular complexity index is 617. The lowest BCUT2D eigenvalue weighted by Gasteiger charge is -2.13. The van der Waals surface area contributed by atoms with Crippen LogP contribution < -0.4 is 4.74 Å². The zero-order valence-corrected chi connectivity index (χ0v) is 11.8. The molecule has 2 rings (SSSR count). The topological polar surface area (TPSA) is 64.4 Å². The first-order valence-corrected chi connectivity index (χ1v) is 6.43. The fraction of sp³-hybridized carbons (Fsp3) is 0.333. The number of methoxy groups -OCH3 is 1. The zero-order valence-electron chi connectivity index (χ0n) is 11.8. The van der Waals surface area contributed by atoms with Gasteiger partial charge in [-0.25, -0.2) is 9.78 Å². The standard InChI is InChI=1S/C15H18N2O3/c1-10(2)12-6-11(4-5-14(12)20-3)7-17-8-13(15(18)19)16-9-17/h4-6,8-10H,7H2,1-3H3,(H,18,19). The molecule has 0 radical (unpaired) electrons. The normalized spacial score (nSPS) is 10.8. The fourth-order valence-electron chi connectivity index (χ4n) is 2.10. The van der Waals surface area contributed by atoms with Gasteiger partial charge in [0, 0.05) is 12.7 Å². The van der Waals surface area contributed by atoms with Gasteiger partial charge >= 0.3 is 5.97 Å². The Morgan fingerprint density at radius 1 is 1.45 bits per heavy atom. The summed E-state index contributed by atoms with van der Waals surface area (Å²) < 4.78 is 7.11. The number of ether oxygens (including phenoxy) is 1. The number of aromatic carboxylic acids is 1. The molecular weight excluding hydrogens is 256 g/mol. The van der Waals surface area contributed by atoms with Crippen molar-refractivity contribution in [3.05, 3.63) is 47.5 Å². The van der Waals surface area contributed by atoms with E-state index in [4.69, 9.17) is 9.84 Å². The Kier molecular flexibility index (Phi) is 4.08. The number of rotatable bonds is 5. The Balaban J connectivity index is 2.24. The number of aromatic nitrogens is 2. The van der Waals surface area contributed by atoms with E-state index < -0.39 is 5.97 Å². The molecule has 0 saturated carbocycles. The van der Waals surface area contributed by atoms with Crippen molar-refractivity contribution in [3.8, 4) is 5.75 Å². The average Bonchev–Trinajstić information content (AvgIpc) is 2.87. The van der Waals surface area contributed by atoms with E-state index >= 15 is 0 Å². The van der Waals surface area contributed by atoms with Crippen LogP contribution in [-0.2, 0) is 6.54 Å². The molecule has 2 aromatic rings. The molecule has 0 amide bonds. The van der Waals surface area contributed by atoms with Gasteiger partial charge in [0.25, 0.3) is 0 Å².